The van der Waals surface area contributed by atoms with Crippen LogP contribution in [0.4, 0.5) is 0 Å². The van der Waals surface area contributed by atoms with Gasteiger partial charge in [0.25, 0.3) is 0 Å². The molecule has 2 fully saturated rings. The monoisotopic (exact) mass is 472 g/mol. The molecule has 184 valence electrons. The standard InChI is InChI=1S/C28H44O4Si/c1-18(2)28-16-23(29)27(7,32-28)21-15-22(30-17-20-13-11-10-12-14-20)19(3)24(21)25(28)31-33(8,9)26(4,5)6/h10-14,18,21-23,25,29H,15-17H2,1-9H3/t21-,22+,23-,25-,27+,28-/m1/s1. The largest absolute Gasteiger partial charge is 0.407 e. The van der Waals surface area contributed by atoms with Crippen LogP contribution in [0.1, 0.15) is 66.9 Å². The number of hydrogen-bond donors (Lipinski definition) is 1. The molecule has 0 spiro atoms. The van der Waals surface area contributed by atoms with Gasteiger partial charge in [-0.1, -0.05) is 65.0 Å². The molecule has 0 saturated carbocycles. The van der Waals surface area contributed by atoms with Crippen molar-refractivity contribution in [3.63, 3.8) is 0 Å². The van der Waals surface area contributed by atoms with Gasteiger partial charge in [-0.05, 0) is 61.0 Å². The van der Waals surface area contributed by atoms with Crippen LogP contribution in [0.2, 0.25) is 18.1 Å². The molecule has 0 unspecified atom stereocenters. The third-order valence-electron chi connectivity index (χ3n) is 9.26. The lowest BCUT2D eigenvalue weighted by Gasteiger charge is -2.53. The Morgan fingerprint density at radius 2 is 1.82 bits per heavy atom. The quantitative estimate of drug-likeness (QED) is 0.393. The minimum atomic E-state index is -2.09. The van der Waals surface area contributed by atoms with Crippen molar-refractivity contribution >= 4 is 8.32 Å². The van der Waals surface area contributed by atoms with E-state index in [1.807, 2.05) is 6.07 Å². The fraction of sp³-hybridized carbons (Fsp3) is 0.714. The van der Waals surface area contributed by atoms with Gasteiger partial charge in [-0.3, -0.25) is 0 Å². The van der Waals surface area contributed by atoms with E-state index in [9.17, 15) is 5.11 Å². The van der Waals surface area contributed by atoms with Crippen LogP contribution in [-0.4, -0.2) is 42.9 Å². The average Bonchev–Trinajstić information content (AvgIpc) is 3.18. The maximum Gasteiger partial charge on any atom is 0.193 e. The Balaban J connectivity index is 1.74. The number of benzene rings is 1. The number of ether oxygens (including phenoxy) is 2. The first-order chi connectivity index (χ1) is 15.2. The molecule has 2 aliphatic heterocycles. The van der Waals surface area contributed by atoms with Gasteiger partial charge < -0.3 is 19.0 Å². The van der Waals surface area contributed by atoms with Gasteiger partial charge in [0.05, 0.1) is 30.5 Å². The zero-order valence-corrected chi connectivity index (χ0v) is 23.1. The van der Waals surface area contributed by atoms with Gasteiger partial charge in [0.15, 0.2) is 8.32 Å². The highest BCUT2D eigenvalue weighted by Crippen LogP contribution is 2.62. The summed E-state index contributed by atoms with van der Waals surface area (Å²) in [6.45, 7) is 20.9. The van der Waals surface area contributed by atoms with Crippen LogP contribution in [-0.2, 0) is 20.5 Å². The summed E-state index contributed by atoms with van der Waals surface area (Å²) in [5.41, 5.74) is 2.71. The lowest BCUT2D eigenvalue weighted by Crippen LogP contribution is -2.61. The van der Waals surface area contributed by atoms with Gasteiger partial charge in [0.1, 0.15) is 5.60 Å². The molecule has 0 aromatic heterocycles. The van der Waals surface area contributed by atoms with Crippen LogP contribution in [0.5, 0.6) is 0 Å². The van der Waals surface area contributed by atoms with Crippen LogP contribution in [0.15, 0.2) is 41.5 Å². The summed E-state index contributed by atoms with van der Waals surface area (Å²) in [6.07, 6.45) is 0.843. The molecule has 6 atom stereocenters. The predicted molar refractivity (Wildman–Crippen MR) is 136 cm³/mol. The van der Waals surface area contributed by atoms with E-state index >= 15 is 0 Å². The Morgan fingerprint density at radius 1 is 1.18 bits per heavy atom. The molecule has 1 aliphatic carbocycles. The summed E-state index contributed by atoms with van der Waals surface area (Å²) in [6, 6.07) is 10.4. The summed E-state index contributed by atoms with van der Waals surface area (Å²) < 4.78 is 20.6. The van der Waals surface area contributed by atoms with Crippen LogP contribution in [0, 0.1) is 11.8 Å². The molecule has 1 N–H and O–H groups in total. The number of rotatable bonds is 6. The van der Waals surface area contributed by atoms with Gasteiger partial charge in [0.2, 0.25) is 0 Å². The molecule has 2 bridgehead atoms. The second kappa shape index (κ2) is 8.30. The normalized spacial score (nSPS) is 36.6. The molecule has 0 radical (unpaired) electrons. The first-order valence-electron chi connectivity index (χ1n) is 12.6. The zero-order valence-electron chi connectivity index (χ0n) is 22.1. The highest BCUT2D eigenvalue weighted by atomic mass is 28.4. The lowest BCUT2D eigenvalue weighted by molar-refractivity contribution is -0.209. The van der Waals surface area contributed by atoms with Crippen molar-refractivity contribution < 1.29 is 19.0 Å². The smallest absolute Gasteiger partial charge is 0.193 e. The molecular formula is C28H44O4Si. The summed E-state index contributed by atoms with van der Waals surface area (Å²) in [5.74, 6) is 0.340. The lowest BCUT2D eigenvalue weighted by atomic mass is 9.74. The maximum absolute atomic E-state index is 11.3. The molecule has 1 aromatic carbocycles. The second-order valence-electron chi connectivity index (χ2n) is 12.6. The molecule has 33 heavy (non-hydrogen) atoms. The molecule has 3 aliphatic rings. The third-order valence-corrected chi connectivity index (χ3v) is 13.7. The van der Waals surface area contributed by atoms with Crippen LogP contribution in [0.3, 0.4) is 0 Å². The molecule has 4 rings (SSSR count). The maximum atomic E-state index is 11.3. The molecule has 2 heterocycles. The number of fused-ring (bicyclic) bond motifs is 4. The van der Waals surface area contributed by atoms with E-state index in [1.54, 1.807) is 0 Å². The Kier molecular flexibility index (Phi) is 6.32. The summed E-state index contributed by atoms with van der Waals surface area (Å²) in [4.78, 5) is 0. The highest BCUT2D eigenvalue weighted by Gasteiger charge is 2.69. The molecule has 0 amide bonds. The minimum absolute atomic E-state index is 0.0203. The van der Waals surface area contributed by atoms with Crippen molar-refractivity contribution in [3.8, 4) is 0 Å². The predicted octanol–water partition coefficient (Wildman–Crippen LogP) is 6.25. The third kappa shape index (κ3) is 3.98. The van der Waals surface area contributed by atoms with E-state index in [0.717, 1.165) is 6.42 Å². The molecule has 4 nitrogen and oxygen atoms in total. The fourth-order valence-corrected chi connectivity index (χ4v) is 7.19. The molecule has 5 heteroatoms. The van der Waals surface area contributed by atoms with E-state index in [4.69, 9.17) is 13.9 Å². The van der Waals surface area contributed by atoms with Crippen LogP contribution < -0.4 is 0 Å². The molecule has 2 saturated heterocycles. The van der Waals surface area contributed by atoms with E-state index in [1.165, 1.54) is 16.7 Å². The highest BCUT2D eigenvalue weighted by molar-refractivity contribution is 6.74. The first kappa shape index (κ1) is 25.1. The SMILES string of the molecule is CC1=C2[C@@H](C[C@@H]1OCc1ccccc1)[C@]1(C)O[C@@](C(C)C)(C[C@H]1O)[C@@H]2O[Si](C)(C)C(C)(C)C. The van der Waals surface area contributed by atoms with Gasteiger partial charge >= 0.3 is 0 Å². The number of aliphatic hydroxyl groups excluding tert-OH is 1. The minimum Gasteiger partial charge on any atom is -0.407 e. The van der Waals surface area contributed by atoms with E-state index in [0.29, 0.717) is 13.0 Å². The molecular weight excluding hydrogens is 428 g/mol. The summed E-state index contributed by atoms with van der Waals surface area (Å²) in [7, 11) is -2.09. The average molecular weight is 473 g/mol. The van der Waals surface area contributed by atoms with E-state index in [-0.39, 0.29) is 29.1 Å². The zero-order chi connectivity index (χ0) is 24.4. The van der Waals surface area contributed by atoms with Gasteiger partial charge in [-0.25, -0.2) is 0 Å². The summed E-state index contributed by atoms with van der Waals surface area (Å²) >= 11 is 0. The summed E-state index contributed by atoms with van der Waals surface area (Å²) in [5, 5.41) is 11.4. The van der Waals surface area contributed by atoms with Gasteiger partial charge in [-0.15, -0.1) is 0 Å². The Bertz CT molecular complexity index is 902. The van der Waals surface area contributed by atoms with Crippen LogP contribution >= 0.6 is 0 Å². The van der Waals surface area contributed by atoms with Crippen molar-refractivity contribution in [2.24, 2.45) is 11.8 Å². The first-order valence-corrected chi connectivity index (χ1v) is 15.6. The van der Waals surface area contributed by atoms with Gasteiger partial charge in [-0.2, -0.15) is 0 Å². The van der Waals surface area contributed by atoms with Crippen molar-refractivity contribution in [3.05, 3.63) is 47.0 Å². The van der Waals surface area contributed by atoms with E-state index in [2.05, 4.69) is 85.8 Å². The van der Waals surface area contributed by atoms with E-state index < -0.39 is 25.6 Å². The second-order valence-corrected chi connectivity index (χ2v) is 17.3. The molecule has 1 aromatic rings. The van der Waals surface area contributed by atoms with Gasteiger partial charge in [0, 0.05) is 12.3 Å². The Morgan fingerprint density at radius 3 is 2.39 bits per heavy atom. The van der Waals surface area contributed by atoms with Crippen molar-refractivity contribution in [1.82, 2.24) is 0 Å². The Hall–Kier alpha value is -0.983. The Labute approximate surface area is 201 Å². The van der Waals surface area contributed by atoms with Crippen molar-refractivity contribution in [2.45, 2.75) is 116 Å². The number of aliphatic hydroxyl groups is 1. The fourth-order valence-electron chi connectivity index (χ4n) is 5.92. The topological polar surface area (TPSA) is 47.9 Å². The van der Waals surface area contributed by atoms with Crippen molar-refractivity contribution in [2.75, 3.05) is 0 Å². The van der Waals surface area contributed by atoms with Crippen molar-refractivity contribution in [1.29, 1.82) is 0 Å². The number of hydrogen-bond acceptors (Lipinski definition) is 4. The van der Waals surface area contributed by atoms with Crippen LogP contribution in [0.25, 0.3) is 0 Å².